The van der Waals surface area contributed by atoms with E-state index < -0.39 is 0 Å². The molecule has 0 unspecified atom stereocenters. The van der Waals surface area contributed by atoms with E-state index >= 15 is 0 Å². The smallest absolute Gasteiger partial charge is 0.232 e. The molecule has 0 aromatic carbocycles. The average Bonchev–Trinajstić information content (AvgIpc) is 2.94. The molecule has 108 valence electrons. The Bertz CT molecular complexity index is 601. The minimum absolute atomic E-state index is 0.204. The Balaban J connectivity index is 1.54. The monoisotopic (exact) mass is 284 g/mol. The van der Waals surface area contributed by atoms with Crippen molar-refractivity contribution in [3.63, 3.8) is 0 Å². The normalized spacial score (nSPS) is 14.5. The number of rotatable bonds is 5. The standard InChI is InChI=1S/C15H16N4O2/c20-15-5-3-7-19(15)8-9-21-14-11-17-13(10-18-14)12-4-1-2-6-16-12/h1-2,4,6,10-11H,3,5,7-9H2. The second-order valence-corrected chi connectivity index (χ2v) is 4.79. The van der Waals surface area contributed by atoms with E-state index in [1.54, 1.807) is 18.6 Å². The third kappa shape index (κ3) is 3.34. The number of carbonyl (C=O) groups excluding carboxylic acids is 1. The predicted molar refractivity (Wildman–Crippen MR) is 76.6 cm³/mol. The summed E-state index contributed by atoms with van der Waals surface area (Å²) in [5, 5.41) is 0. The van der Waals surface area contributed by atoms with Gasteiger partial charge in [0.05, 0.1) is 24.6 Å². The van der Waals surface area contributed by atoms with Gasteiger partial charge in [-0.05, 0) is 18.6 Å². The van der Waals surface area contributed by atoms with Crippen molar-refractivity contribution in [2.75, 3.05) is 19.7 Å². The molecular weight excluding hydrogens is 268 g/mol. The molecular formula is C15H16N4O2. The van der Waals surface area contributed by atoms with Crippen LogP contribution in [0.2, 0.25) is 0 Å². The highest BCUT2D eigenvalue weighted by Gasteiger charge is 2.19. The Labute approximate surface area is 122 Å². The first-order chi connectivity index (χ1) is 10.3. The molecule has 1 fully saturated rings. The van der Waals surface area contributed by atoms with Gasteiger partial charge in [0.25, 0.3) is 0 Å². The molecule has 0 spiro atoms. The fraction of sp³-hybridized carbons (Fsp3) is 0.333. The Hall–Kier alpha value is -2.50. The molecule has 6 nitrogen and oxygen atoms in total. The van der Waals surface area contributed by atoms with Crippen molar-refractivity contribution in [3.05, 3.63) is 36.8 Å². The maximum atomic E-state index is 11.5. The highest BCUT2D eigenvalue weighted by Crippen LogP contribution is 2.14. The van der Waals surface area contributed by atoms with Gasteiger partial charge >= 0.3 is 0 Å². The summed E-state index contributed by atoms with van der Waals surface area (Å²) in [6.07, 6.45) is 6.53. The number of hydrogen-bond acceptors (Lipinski definition) is 5. The van der Waals surface area contributed by atoms with E-state index in [1.807, 2.05) is 23.1 Å². The molecule has 3 rings (SSSR count). The highest BCUT2D eigenvalue weighted by molar-refractivity contribution is 5.78. The van der Waals surface area contributed by atoms with E-state index in [0.717, 1.165) is 18.7 Å². The van der Waals surface area contributed by atoms with Crippen LogP contribution >= 0.6 is 0 Å². The molecule has 2 aromatic rings. The fourth-order valence-corrected chi connectivity index (χ4v) is 2.24. The van der Waals surface area contributed by atoms with Crippen LogP contribution in [0.15, 0.2) is 36.8 Å². The van der Waals surface area contributed by atoms with Crippen LogP contribution in [0.5, 0.6) is 5.88 Å². The number of likely N-dealkylation sites (tertiary alicyclic amines) is 1. The SMILES string of the molecule is O=C1CCCN1CCOc1cnc(-c2ccccn2)cn1. The number of carbonyl (C=O) groups is 1. The summed E-state index contributed by atoms with van der Waals surface area (Å²) < 4.78 is 5.52. The van der Waals surface area contributed by atoms with Crippen molar-refractivity contribution in [2.24, 2.45) is 0 Å². The lowest BCUT2D eigenvalue weighted by molar-refractivity contribution is -0.128. The van der Waals surface area contributed by atoms with Gasteiger partial charge in [-0.25, -0.2) is 9.97 Å². The average molecular weight is 284 g/mol. The van der Waals surface area contributed by atoms with Crippen LogP contribution in [-0.4, -0.2) is 45.5 Å². The zero-order valence-electron chi connectivity index (χ0n) is 11.6. The van der Waals surface area contributed by atoms with Crippen LogP contribution in [0.3, 0.4) is 0 Å². The predicted octanol–water partition coefficient (Wildman–Crippen LogP) is 1.54. The van der Waals surface area contributed by atoms with Gasteiger partial charge < -0.3 is 9.64 Å². The second kappa shape index (κ2) is 6.30. The number of pyridine rings is 1. The van der Waals surface area contributed by atoms with Gasteiger partial charge in [0.15, 0.2) is 0 Å². The van der Waals surface area contributed by atoms with E-state index in [2.05, 4.69) is 15.0 Å². The second-order valence-electron chi connectivity index (χ2n) is 4.79. The van der Waals surface area contributed by atoms with Crippen molar-refractivity contribution in [3.8, 4) is 17.3 Å². The molecule has 1 aliphatic heterocycles. The summed E-state index contributed by atoms with van der Waals surface area (Å²) in [6.45, 7) is 1.86. The van der Waals surface area contributed by atoms with E-state index in [1.165, 1.54) is 0 Å². The molecule has 1 aliphatic rings. The fourth-order valence-electron chi connectivity index (χ4n) is 2.24. The maximum Gasteiger partial charge on any atom is 0.232 e. The molecule has 0 aliphatic carbocycles. The summed E-state index contributed by atoms with van der Waals surface area (Å²) in [5.41, 5.74) is 1.48. The van der Waals surface area contributed by atoms with Gasteiger partial charge in [0, 0.05) is 19.2 Å². The summed E-state index contributed by atoms with van der Waals surface area (Å²) in [4.78, 5) is 26.0. The number of aromatic nitrogens is 3. The highest BCUT2D eigenvalue weighted by atomic mass is 16.5. The quantitative estimate of drug-likeness (QED) is 0.833. The summed E-state index contributed by atoms with van der Waals surface area (Å²) in [6, 6.07) is 5.64. The van der Waals surface area contributed by atoms with Crippen LogP contribution in [-0.2, 0) is 4.79 Å². The van der Waals surface area contributed by atoms with Gasteiger partial charge in [0.1, 0.15) is 12.3 Å². The number of amides is 1. The Morgan fingerprint density at radius 1 is 1.14 bits per heavy atom. The molecule has 1 amide bonds. The van der Waals surface area contributed by atoms with Crippen LogP contribution in [0.4, 0.5) is 0 Å². The summed E-state index contributed by atoms with van der Waals surface area (Å²) in [7, 11) is 0. The minimum Gasteiger partial charge on any atom is -0.475 e. The molecule has 1 saturated heterocycles. The van der Waals surface area contributed by atoms with Gasteiger partial charge in [-0.2, -0.15) is 0 Å². The minimum atomic E-state index is 0.204. The molecule has 0 atom stereocenters. The molecule has 0 bridgehead atoms. The molecule has 3 heterocycles. The van der Waals surface area contributed by atoms with Gasteiger partial charge in [-0.3, -0.25) is 9.78 Å². The largest absolute Gasteiger partial charge is 0.475 e. The Morgan fingerprint density at radius 3 is 2.76 bits per heavy atom. The van der Waals surface area contributed by atoms with E-state index in [0.29, 0.717) is 31.1 Å². The lowest BCUT2D eigenvalue weighted by Crippen LogP contribution is -2.29. The summed E-state index contributed by atoms with van der Waals surface area (Å²) in [5.74, 6) is 0.663. The molecule has 21 heavy (non-hydrogen) atoms. The van der Waals surface area contributed by atoms with Crippen molar-refractivity contribution in [2.45, 2.75) is 12.8 Å². The molecule has 0 N–H and O–H groups in total. The third-order valence-corrected chi connectivity index (χ3v) is 3.34. The van der Waals surface area contributed by atoms with Crippen LogP contribution in [0, 0.1) is 0 Å². The van der Waals surface area contributed by atoms with Gasteiger partial charge in [-0.15, -0.1) is 0 Å². The van der Waals surface area contributed by atoms with Gasteiger partial charge in [-0.1, -0.05) is 6.07 Å². The zero-order chi connectivity index (χ0) is 14.5. The number of hydrogen-bond donors (Lipinski definition) is 0. The van der Waals surface area contributed by atoms with Crippen molar-refractivity contribution < 1.29 is 9.53 Å². The van der Waals surface area contributed by atoms with Crippen molar-refractivity contribution in [1.82, 2.24) is 19.9 Å². The topological polar surface area (TPSA) is 68.2 Å². The lowest BCUT2D eigenvalue weighted by atomic mass is 10.3. The lowest BCUT2D eigenvalue weighted by Gasteiger charge is -2.15. The maximum absolute atomic E-state index is 11.5. The van der Waals surface area contributed by atoms with Crippen LogP contribution < -0.4 is 4.74 Å². The van der Waals surface area contributed by atoms with Crippen molar-refractivity contribution >= 4 is 5.91 Å². The number of nitrogens with zero attached hydrogens (tertiary/aromatic N) is 4. The van der Waals surface area contributed by atoms with Crippen LogP contribution in [0.1, 0.15) is 12.8 Å². The van der Waals surface area contributed by atoms with Gasteiger partial charge in [0.2, 0.25) is 11.8 Å². The number of ether oxygens (including phenoxy) is 1. The zero-order valence-corrected chi connectivity index (χ0v) is 11.6. The molecule has 2 aromatic heterocycles. The summed E-state index contributed by atoms with van der Waals surface area (Å²) >= 11 is 0. The first-order valence-corrected chi connectivity index (χ1v) is 6.97. The first-order valence-electron chi connectivity index (χ1n) is 6.97. The molecule has 0 saturated carbocycles. The van der Waals surface area contributed by atoms with E-state index in [9.17, 15) is 4.79 Å². The van der Waals surface area contributed by atoms with Crippen molar-refractivity contribution in [1.29, 1.82) is 0 Å². The molecule has 6 heteroatoms. The molecule has 0 radical (unpaired) electrons. The Kier molecular flexibility index (Phi) is 4.04. The third-order valence-electron chi connectivity index (χ3n) is 3.34. The van der Waals surface area contributed by atoms with Crippen LogP contribution in [0.25, 0.3) is 11.4 Å². The Morgan fingerprint density at radius 2 is 2.10 bits per heavy atom. The van der Waals surface area contributed by atoms with E-state index in [4.69, 9.17) is 4.74 Å². The first kappa shape index (κ1) is 13.5. The van der Waals surface area contributed by atoms with E-state index in [-0.39, 0.29) is 5.91 Å².